The lowest BCUT2D eigenvalue weighted by molar-refractivity contribution is -0.135. The Bertz CT molecular complexity index is 1140. The molecule has 1 saturated heterocycles. The van der Waals surface area contributed by atoms with Crippen LogP contribution in [-0.4, -0.2) is 58.0 Å². The van der Waals surface area contributed by atoms with Crippen molar-refractivity contribution in [1.82, 2.24) is 14.4 Å². The number of pyridine rings is 1. The first-order chi connectivity index (χ1) is 15.3. The molecule has 0 saturated carbocycles. The van der Waals surface area contributed by atoms with Crippen molar-refractivity contribution in [3.05, 3.63) is 75.5 Å². The van der Waals surface area contributed by atoms with E-state index >= 15 is 0 Å². The standard InChI is InChI=1S/C24H26FN3O4/c1-4-5-14-8-11-18-21-20(24(32)26(2)3)17(13-29)19(12-27(18)22(14)30)28(21)23(31)15-6-9-16(25)10-7-15/h4-11,17,19-21,29H,12-13H2,1-3H3/b5-4+/t17-,19-,20+,21+/m1/s1. The van der Waals surface area contributed by atoms with Gasteiger partial charge in [0.25, 0.3) is 11.5 Å². The van der Waals surface area contributed by atoms with Crippen LogP contribution in [0.5, 0.6) is 0 Å². The zero-order chi connectivity index (χ0) is 23.2. The van der Waals surface area contributed by atoms with E-state index in [1.54, 1.807) is 47.8 Å². The van der Waals surface area contributed by atoms with Crippen LogP contribution in [0.25, 0.3) is 6.08 Å². The van der Waals surface area contributed by atoms with Crippen LogP contribution in [0.2, 0.25) is 0 Å². The molecule has 1 aromatic heterocycles. The summed E-state index contributed by atoms with van der Waals surface area (Å²) in [6, 6.07) is 7.44. The molecule has 32 heavy (non-hydrogen) atoms. The summed E-state index contributed by atoms with van der Waals surface area (Å²) in [7, 11) is 3.26. The molecule has 0 unspecified atom stereocenters. The van der Waals surface area contributed by atoms with Gasteiger partial charge in [0.05, 0.1) is 18.0 Å². The maximum atomic E-state index is 13.5. The van der Waals surface area contributed by atoms with Gasteiger partial charge in [-0.2, -0.15) is 0 Å². The van der Waals surface area contributed by atoms with Gasteiger partial charge in [0.2, 0.25) is 5.91 Å². The number of nitrogens with zero attached hydrogens (tertiary/aromatic N) is 3. The SMILES string of the molecule is C/C=C/c1ccc2n(c1=O)C[C@@H]1[C@@H](CO)[C@H](C(=O)N(C)C)[C@H]2N1C(=O)c1ccc(F)cc1. The number of fused-ring (bicyclic) bond motifs is 4. The summed E-state index contributed by atoms with van der Waals surface area (Å²) < 4.78 is 15.0. The first-order valence-electron chi connectivity index (χ1n) is 10.6. The fourth-order valence-corrected chi connectivity index (χ4v) is 5.03. The second kappa shape index (κ2) is 8.35. The largest absolute Gasteiger partial charge is 0.396 e. The molecule has 2 aromatic rings. The third-order valence-corrected chi connectivity index (χ3v) is 6.47. The number of allylic oxidation sites excluding steroid dienone is 1. The molecule has 2 aliphatic heterocycles. The molecule has 7 nitrogen and oxygen atoms in total. The molecule has 0 radical (unpaired) electrons. The number of halogens is 1. The van der Waals surface area contributed by atoms with Crippen LogP contribution >= 0.6 is 0 Å². The maximum Gasteiger partial charge on any atom is 0.258 e. The Morgan fingerprint density at radius 1 is 1.19 bits per heavy atom. The van der Waals surface area contributed by atoms with Gasteiger partial charge in [-0.15, -0.1) is 0 Å². The lowest BCUT2D eigenvalue weighted by atomic mass is 9.86. The molecule has 4 rings (SSSR count). The van der Waals surface area contributed by atoms with E-state index in [9.17, 15) is 23.9 Å². The van der Waals surface area contributed by atoms with Crippen LogP contribution in [-0.2, 0) is 11.3 Å². The number of aliphatic hydroxyl groups excluding tert-OH is 1. The normalized spacial score (nSPS) is 24.0. The number of benzene rings is 1. The number of aromatic nitrogens is 1. The van der Waals surface area contributed by atoms with Crippen LogP contribution in [0.1, 0.15) is 34.6 Å². The highest BCUT2D eigenvalue weighted by molar-refractivity contribution is 5.96. The van der Waals surface area contributed by atoms with E-state index in [4.69, 9.17) is 0 Å². The number of aliphatic hydroxyl groups is 1. The lowest BCUT2D eigenvalue weighted by Gasteiger charge is -2.38. The van der Waals surface area contributed by atoms with Gasteiger partial charge in [0.1, 0.15) is 5.82 Å². The van der Waals surface area contributed by atoms with Crippen molar-refractivity contribution in [3.8, 4) is 0 Å². The van der Waals surface area contributed by atoms with Crippen molar-refractivity contribution in [2.24, 2.45) is 11.8 Å². The van der Waals surface area contributed by atoms with E-state index in [1.165, 1.54) is 29.2 Å². The van der Waals surface area contributed by atoms with Crippen LogP contribution in [0.3, 0.4) is 0 Å². The summed E-state index contributed by atoms with van der Waals surface area (Å²) in [6.45, 7) is 1.69. The highest BCUT2D eigenvalue weighted by Crippen LogP contribution is 2.49. The number of hydrogen-bond acceptors (Lipinski definition) is 4. The molecule has 2 amide bonds. The van der Waals surface area contributed by atoms with Crippen molar-refractivity contribution in [2.75, 3.05) is 20.7 Å². The summed E-state index contributed by atoms with van der Waals surface area (Å²) in [4.78, 5) is 42.9. The van der Waals surface area contributed by atoms with E-state index in [1.807, 2.05) is 6.92 Å². The minimum absolute atomic E-state index is 0.172. The van der Waals surface area contributed by atoms with Crippen molar-refractivity contribution in [3.63, 3.8) is 0 Å². The smallest absolute Gasteiger partial charge is 0.258 e. The van der Waals surface area contributed by atoms with E-state index in [-0.39, 0.29) is 36.1 Å². The van der Waals surface area contributed by atoms with Gasteiger partial charge in [-0.05, 0) is 43.3 Å². The number of rotatable bonds is 4. The second-order valence-corrected chi connectivity index (χ2v) is 8.47. The van der Waals surface area contributed by atoms with Crippen molar-refractivity contribution >= 4 is 17.9 Å². The first kappa shape index (κ1) is 22.0. The second-order valence-electron chi connectivity index (χ2n) is 8.47. The van der Waals surface area contributed by atoms with Crippen LogP contribution < -0.4 is 5.56 Å². The summed E-state index contributed by atoms with van der Waals surface area (Å²) in [5.41, 5.74) is 1.17. The maximum absolute atomic E-state index is 13.5. The Labute approximate surface area is 185 Å². The highest BCUT2D eigenvalue weighted by Gasteiger charge is 2.57. The molecular weight excluding hydrogens is 413 g/mol. The predicted molar refractivity (Wildman–Crippen MR) is 117 cm³/mol. The fraction of sp³-hybridized carbons (Fsp3) is 0.375. The lowest BCUT2D eigenvalue weighted by Crippen LogP contribution is -2.49. The molecule has 1 aromatic carbocycles. The van der Waals surface area contributed by atoms with Crippen molar-refractivity contribution < 1.29 is 19.1 Å². The van der Waals surface area contributed by atoms with Crippen LogP contribution in [0.15, 0.2) is 47.3 Å². The highest BCUT2D eigenvalue weighted by atomic mass is 19.1. The molecule has 2 aliphatic rings. The molecule has 0 spiro atoms. The number of hydrogen-bond donors (Lipinski definition) is 1. The average Bonchev–Trinajstić information content (AvgIpc) is 3.01. The monoisotopic (exact) mass is 439 g/mol. The van der Waals surface area contributed by atoms with E-state index in [0.717, 1.165) is 0 Å². The third kappa shape index (κ3) is 3.35. The third-order valence-electron chi connectivity index (χ3n) is 6.47. The average molecular weight is 439 g/mol. The molecule has 0 aliphatic carbocycles. The molecule has 1 fully saturated rings. The van der Waals surface area contributed by atoms with Gasteiger partial charge >= 0.3 is 0 Å². The van der Waals surface area contributed by atoms with Gasteiger partial charge in [-0.25, -0.2) is 4.39 Å². The first-order valence-corrected chi connectivity index (χ1v) is 10.6. The topological polar surface area (TPSA) is 82.8 Å². The Kier molecular flexibility index (Phi) is 5.73. The van der Waals surface area contributed by atoms with Gasteiger partial charge < -0.3 is 19.5 Å². The van der Waals surface area contributed by atoms with Gasteiger partial charge in [0.15, 0.2) is 0 Å². The number of carbonyl (C=O) groups excluding carboxylic acids is 2. The molecule has 1 N–H and O–H groups in total. The number of carbonyl (C=O) groups is 2. The zero-order valence-corrected chi connectivity index (χ0v) is 18.2. The zero-order valence-electron chi connectivity index (χ0n) is 18.2. The summed E-state index contributed by atoms with van der Waals surface area (Å²) in [5, 5.41) is 10.3. The fourth-order valence-electron chi connectivity index (χ4n) is 5.03. The minimum Gasteiger partial charge on any atom is -0.396 e. The molecule has 8 heteroatoms. The summed E-state index contributed by atoms with van der Waals surface area (Å²) >= 11 is 0. The molecule has 168 valence electrons. The van der Waals surface area contributed by atoms with Crippen molar-refractivity contribution in [2.45, 2.75) is 25.6 Å². The van der Waals surface area contributed by atoms with E-state index < -0.39 is 29.7 Å². The van der Waals surface area contributed by atoms with Gasteiger partial charge in [-0.3, -0.25) is 14.4 Å². The Morgan fingerprint density at radius 2 is 1.88 bits per heavy atom. The van der Waals surface area contributed by atoms with Crippen molar-refractivity contribution in [1.29, 1.82) is 0 Å². The predicted octanol–water partition coefficient (Wildman–Crippen LogP) is 1.91. The molecule has 4 atom stereocenters. The molecular formula is C24H26FN3O4. The quantitative estimate of drug-likeness (QED) is 0.789. The minimum atomic E-state index is -0.717. The summed E-state index contributed by atoms with van der Waals surface area (Å²) in [6.07, 6.45) is 3.50. The van der Waals surface area contributed by atoms with Crippen LogP contribution in [0, 0.1) is 17.7 Å². The van der Waals surface area contributed by atoms with Crippen LogP contribution in [0.4, 0.5) is 4.39 Å². The molecule has 2 bridgehead atoms. The Balaban J connectivity index is 1.90. The van der Waals surface area contributed by atoms with Gasteiger partial charge in [0, 0.05) is 50.0 Å². The number of amides is 2. The molecule has 3 heterocycles. The van der Waals surface area contributed by atoms with E-state index in [0.29, 0.717) is 11.3 Å². The Hall–Kier alpha value is -3.26. The Morgan fingerprint density at radius 3 is 2.47 bits per heavy atom. The van der Waals surface area contributed by atoms with E-state index in [2.05, 4.69) is 0 Å². The van der Waals surface area contributed by atoms with Gasteiger partial charge in [-0.1, -0.05) is 12.2 Å². The summed E-state index contributed by atoms with van der Waals surface area (Å²) in [5.74, 6) is -2.27.